The number of unbranched alkanes of at least 4 members (excludes halogenated alkanes) is 62. The van der Waals surface area contributed by atoms with Crippen LogP contribution in [0.4, 0.5) is 0 Å². The number of carbonyl (C=O) groups excluding carboxylic acids is 1. The Bertz CT molecular complexity index is 1460. The van der Waals surface area contributed by atoms with Crippen molar-refractivity contribution in [3.63, 3.8) is 0 Å². The molecule has 0 heterocycles. The number of allylic oxidation sites excluding steroid dienone is 2. The Kier molecular flexibility index (Phi) is 70.9. The molecule has 532 valence electrons. The number of hydrogen-bond acceptors (Lipinski definition) is 6. The van der Waals surface area contributed by atoms with Crippen molar-refractivity contribution in [3.05, 3.63) is 12.2 Å². The number of carbonyl (C=O) groups is 1. The molecule has 0 rings (SSSR count). The van der Waals surface area contributed by atoms with E-state index < -0.39 is 20.0 Å². The van der Waals surface area contributed by atoms with Gasteiger partial charge in [0.1, 0.15) is 13.2 Å². The van der Waals surface area contributed by atoms with E-state index >= 15 is 0 Å². The number of amides is 1. The second-order valence-electron chi connectivity index (χ2n) is 29.5. The highest BCUT2D eigenvalue weighted by Crippen LogP contribution is 2.38. The van der Waals surface area contributed by atoms with E-state index in [1.54, 1.807) is 0 Å². The first-order valence-corrected chi connectivity index (χ1v) is 42.0. The van der Waals surface area contributed by atoms with Gasteiger partial charge in [0.05, 0.1) is 39.9 Å². The van der Waals surface area contributed by atoms with Gasteiger partial charge in [-0.25, -0.2) is 0 Å². The van der Waals surface area contributed by atoms with Crippen LogP contribution >= 0.6 is 7.82 Å². The van der Waals surface area contributed by atoms with Gasteiger partial charge in [-0.2, -0.15) is 0 Å². The zero-order chi connectivity index (χ0) is 64.8. The maximum atomic E-state index is 13.1. The molecule has 89 heavy (non-hydrogen) atoms. The summed E-state index contributed by atoms with van der Waals surface area (Å²) in [6.45, 7) is 4.80. The van der Waals surface area contributed by atoms with Crippen molar-refractivity contribution in [1.29, 1.82) is 0 Å². The van der Waals surface area contributed by atoms with Crippen molar-refractivity contribution < 1.29 is 32.9 Å². The maximum Gasteiger partial charge on any atom is 0.268 e. The highest BCUT2D eigenvalue weighted by atomic mass is 31.2. The van der Waals surface area contributed by atoms with Gasteiger partial charge in [0.15, 0.2) is 0 Å². The molecule has 0 aliphatic carbocycles. The zero-order valence-corrected chi connectivity index (χ0v) is 62.1. The van der Waals surface area contributed by atoms with Crippen LogP contribution in [0, 0.1) is 0 Å². The highest BCUT2D eigenvalue weighted by molar-refractivity contribution is 7.45. The monoisotopic (exact) mass is 1280 g/mol. The molecule has 0 aromatic heterocycles. The molecule has 8 nitrogen and oxygen atoms in total. The van der Waals surface area contributed by atoms with Gasteiger partial charge in [-0.3, -0.25) is 9.36 Å². The van der Waals surface area contributed by atoms with Crippen molar-refractivity contribution in [2.45, 2.75) is 456 Å². The van der Waals surface area contributed by atoms with Crippen molar-refractivity contribution in [3.8, 4) is 0 Å². The minimum absolute atomic E-state index is 0.0164. The van der Waals surface area contributed by atoms with Gasteiger partial charge in [0, 0.05) is 6.42 Å². The Morgan fingerprint density at radius 1 is 0.382 bits per heavy atom. The van der Waals surface area contributed by atoms with E-state index in [0.29, 0.717) is 23.9 Å². The van der Waals surface area contributed by atoms with Crippen LogP contribution in [0.1, 0.15) is 444 Å². The molecule has 2 N–H and O–H groups in total. The quantitative estimate of drug-likeness (QED) is 0.0272. The fourth-order valence-corrected chi connectivity index (χ4v) is 13.7. The molecule has 0 aromatic carbocycles. The van der Waals surface area contributed by atoms with Gasteiger partial charge in [0.2, 0.25) is 5.91 Å². The minimum atomic E-state index is -4.58. The molecule has 0 spiro atoms. The molecular formula is C80H161N2O6P. The number of rotatable bonds is 77. The number of hydrogen-bond donors (Lipinski definition) is 2. The van der Waals surface area contributed by atoms with E-state index in [1.807, 2.05) is 21.1 Å². The predicted molar refractivity (Wildman–Crippen MR) is 390 cm³/mol. The summed E-state index contributed by atoms with van der Waals surface area (Å²) in [6, 6.07) is -0.799. The summed E-state index contributed by atoms with van der Waals surface area (Å²) >= 11 is 0. The molecule has 0 aliphatic heterocycles. The van der Waals surface area contributed by atoms with E-state index in [9.17, 15) is 19.4 Å². The van der Waals surface area contributed by atoms with Gasteiger partial charge in [-0.05, 0) is 38.5 Å². The molecular weight excluding hydrogens is 1120 g/mol. The van der Waals surface area contributed by atoms with E-state index in [-0.39, 0.29) is 19.1 Å². The van der Waals surface area contributed by atoms with Crippen molar-refractivity contribution in [1.82, 2.24) is 5.32 Å². The third kappa shape index (κ3) is 74.5. The molecule has 3 unspecified atom stereocenters. The first-order valence-electron chi connectivity index (χ1n) is 40.5. The van der Waals surface area contributed by atoms with E-state index in [1.165, 1.54) is 379 Å². The molecule has 0 saturated heterocycles. The Morgan fingerprint density at radius 3 is 0.876 bits per heavy atom. The number of aliphatic hydroxyl groups is 1. The SMILES string of the molecule is CCCCCCCCCC/C=C\CCCCCCCCCCCCCCCCCCCCCCCCCCCC(=O)NC(COP(=O)([O-])OCC[N+](C)(C)C)C(O)CCCCCCCCCCCCCCCCCCCCCCCCCCCCCCCC. The predicted octanol–water partition coefficient (Wildman–Crippen LogP) is 25.8. The average Bonchev–Trinajstić information content (AvgIpc) is 3.57. The summed E-state index contributed by atoms with van der Waals surface area (Å²) in [6.07, 6.45) is 93.4. The molecule has 0 saturated carbocycles. The van der Waals surface area contributed by atoms with Crippen LogP contribution in [0.3, 0.4) is 0 Å². The van der Waals surface area contributed by atoms with Crippen molar-refractivity contribution >= 4 is 13.7 Å². The van der Waals surface area contributed by atoms with Crippen molar-refractivity contribution in [2.24, 2.45) is 0 Å². The summed E-state index contributed by atoms with van der Waals surface area (Å²) in [5.41, 5.74) is 0. The topological polar surface area (TPSA) is 108 Å². The van der Waals surface area contributed by atoms with Crippen LogP contribution in [0.5, 0.6) is 0 Å². The number of phosphoric ester groups is 1. The van der Waals surface area contributed by atoms with E-state index in [0.717, 1.165) is 38.5 Å². The number of likely N-dealkylation sites (N-methyl/N-ethyl adjacent to an activating group) is 1. The van der Waals surface area contributed by atoms with E-state index in [2.05, 4.69) is 31.3 Å². The molecule has 0 fully saturated rings. The Balaban J connectivity index is 3.89. The number of quaternary nitrogens is 1. The fourth-order valence-electron chi connectivity index (χ4n) is 13.0. The summed E-state index contributed by atoms with van der Waals surface area (Å²) in [4.78, 5) is 25.7. The lowest BCUT2D eigenvalue weighted by Gasteiger charge is -2.30. The smallest absolute Gasteiger partial charge is 0.268 e. The van der Waals surface area contributed by atoms with Gasteiger partial charge in [-0.1, -0.05) is 411 Å². The van der Waals surface area contributed by atoms with Gasteiger partial charge in [-0.15, -0.1) is 0 Å². The second-order valence-corrected chi connectivity index (χ2v) is 30.9. The minimum Gasteiger partial charge on any atom is -0.756 e. The third-order valence-electron chi connectivity index (χ3n) is 19.3. The summed E-state index contributed by atoms with van der Waals surface area (Å²) in [7, 11) is 1.33. The number of nitrogens with one attached hydrogen (secondary N) is 1. The number of phosphoric acid groups is 1. The Hall–Kier alpha value is -0.760. The number of aliphatic hydroxyl groups excluding tert-OH is 1. The first kappa shape index (κ1) is 88.2. The first-order chi connectivity index (χ1) is 43.5. The number of nitrogens with zero attached hydrogens (tertiary/aromatic N) is 1. The van der Waals surface area contributed by atoms with Crippen LogP contribution in [0.25, 0.3) is 0 Å². The largest absolute Gasteiger partial charge is 0.756 e. The van der Waals surface area contributed by atoms with Crippen LogP contribution in [0.15, 0.2) is 12.2 Å². The molecule has 3 atom stereocenters. The summed E-state index contributed by atoms with van der Waals surface area (Å²) < 4.78 is 23.6. The lowest BCUT2D eigenvalue weighted by Crippen LogP contribution is -2.46. The normalized spacial score (nSPS) is 13.5. The highest BCUT2D eigenvalue weighted by Gasteiger charge is 2.24. The van der Waals surface area contributed by atoms with Gasteiger partial charge >= 0.3 is 0 Å². The van der Waals surface area contributed by atoms with Crippen LogP contribution in [-0.4, -0.2) is 68.5 Å². The lowest BCUT2D eigenvalue weighted by molar-refractivity contribution is -0.870. The zero-order valence-electron chi connectivity index (χ0n) is 61.2. The molecule has 0 aliphatic rings. The van der Waals surface area contributed by atoms with Gasteiger partial charge < -0.3 is 28.8 Å². The van der Waals surface area contributed by atoms with E-state index in [4.69, 9.17) is 9.05 Å². The molecule has 0 radical (unpaired) electrons. The lowest BCUT2D eigenvalue weighted by atomic mass is 10.0. The molecule has 1 amide bonds. The van der Waals surface area contributed by atoms with Gasteiger partial charge in [0.25, 0.3) is 7.82 Å². The third-order valence-corrected chi connectivity index (χ3v) is 20.2. The summed E-state index contributed by atoms with van der Waals surface area (Å²) in [5, 5.41) is 14.2. The standard InChI is InChI=1S/C80H161N2O6P/c1-6-8-10-12-14-16-18-20-22-24-26-28-30-32-34-36-38-39-40-41-42-43-44-46-48-50-52-54-56-58-60-62-64-66-68-70-72-74-80(84)81-78(77-88-89(85,86)87-76-75-82(3,4)5)79(83)73-71-69-67-65-63-61-59-57-55-53-51-49-47-45-37-35-33-31-29-27-25-23-21-19-17-15-13-11-9-7-2/h24,26,78-79,83H,6-23,25,27-77H2,1-5H3,(H-,81,84,85,86)/b26-24-. The molecule has 0 bridgehead atoms. The van der Waals surface area contributed by atoms with Crippen LogP contribution in [-0.2, 0) is 18.4 Å². The van der Waals surface area contributed by atoms with Crippen LogP contribution < -0.4 is 10.2 Å². The fraction of sp³-hybridized carbons (Fsp3) is 0.963. The molecule has 0 aromatic rings. The second kappa shape index (κ2) is 71.5. The van der Waals surface area contributed by atoms with Crippen molar-refractivity contribution in [2.75, 3.05) is 40.9 Å². The Morgan fingerprint density at radius 2 is 0.618 bits per heavy atom. The molecule has 9 heteroatoms. The Labute approximate surface area is 558 Å². The summed E-state index contributed by atoms with van der Waals surface area (Å²) in [5.74, 6) is -0.153. The van der Waals surface area contributed by atoms with Crippen LogP contribution in [0.2, 0.25) is 0 Å². The maximum absolute atomic E-state index is 13.1. The average molecular weight is 1280 g/mol.